The summed E-state index contributed by atoms with van der Waals surface area (Å²) in [5.74, 6) is 1.66. The number of halogens is 1. The van der Waals surface area contributed by atoms with Crippen LogP contribution in [-0.2, 0) is 13.2 Å². The zero-order chi connectivity index (χ0) is 12.1. The molecule has 1 heterocycles. The topological polar surface area (TPSA) is 34.4 Å². The lowest BCUT2D eigenvalue weighted by Gasteiger charge is -2.06. The number of hydrogen-bond donors (Lipinski definition) is 1. The SMILES string of the molecule is CNCc1occc1COc1cccc(Cl)c1. The van der Waals surface area contributed by atoms with Crippen LogP contribution in [0.3, 0.4) is 0 Å². The third kappa shape index (κ3) is 3.25. The standard InChI is InChI=1S/C13H14ClNO2/c1-15-8-13-10(5-6-16-13)9-17-12-4-2-3-11(14)7-12/h2-7,15H,8-9H2,1H3. The fourth-order valence-electron chi connectivity index (χ4n) is 1.53. The van der Waals surface area contributed by atoms with Gasteiger partial charge in [0.25, 0.3) is 0 Å². The van der Waals surface area contributed by atoms with Gasteiger partial charge in [0.1, 0.15) is 18.1 Å². The Morgan fingerprint density at radius 1 is 1.35 bits per heavy atom. The first-order valence-corrected chi connectivity index (χ1v) is 5.75. The quantitative estimate of drug-likeness (QED) is 0.886. The molecule has 1 N–H and O–H groups in total. The van der Waals surface area contributed by atoms with Gasteiger partial charge in [0, 0.05) is 10.6 Å². The molecule has 0 fully saturated rings. The Labute approximate surface area is 105 Å². The molecular weight excluding hydrogens is 238 g/mol. The van der Waals surface area contributed by atoms with Crippen molar-refractivity contribution in [2.75, 3.05) is 7.05 Å². The van der Waals surface area contributed by atoms with E-state index in [0.717, 1.165) is 17.1 Å². The normalized spacial score (nSPS) is 10.5. The second kappa shape index (κ2) is 5.75. The molecule has 0 saturated carbocycles. The van der Waals surface area contributed by atoms with E-state index in [1.807, 2.05) is 31.3 Å². The summed E-state index contributed by atoms with van der Waals surface area (Å²) in [6, 6.07) is 9.26. The number of ether oxygens (including phenoxy) is 1. The third-order valence-corrected chi connectivity index (χ3v) is 2.60. The Hall–Kier alpha value is -1.45. The highest BCUT2D eigenvalue weighted by Gasteiger charge is 2.06. The van der Waals surface area contributed by atoms with E-state index in [2.05, 4.69) is 5.32 Å². The van der Waals surface area contributed by atoms with Crippen molar-refractivity contribution >= 4 is 11.6 Å². The molecule has 2 rings (SSSR count). The van der Waals surface area contributed by atoms with Gasteiger partial charge in [0.2, 0.25) is 0 Å². The highest BCUT2D eigenvalue weighted by atomic mass is 35.5. The molecule has 0 aliphatic carbocycles. The molecular formula is C13H14ClNO2. The number of nitrogens with one attached hydrogen (secondary N) is 1. The van der Waals surface area contributed by atoms with Gasteiger partial charge in [0.15, 0.2) is 0 Å². The van der Waals surface area contributed by atoms with Gasteiger partial charge in [-0.05, 0) is 31.3 Å². The minimum atomic E-state index is 0.480. The monoisotopic (exact) mass is 251 g/mol. The van der Waals surface area contributed by atoms with Crippen molar-refractivity contribution in [2.24, 2.45) is 0 Å². The minimum Gasteiger partial charge on any atom is -0.489 e. The summed E-state index contributed by atoms with van der Waals surface area (Å²) in [4.78, 5) is 0. The Bertz CT molecular complexity index is 482. The summed E-state index contributed by atoms with van der Waals surface area (Å²) in [7, 11) is 1.88. The van der Waals surface area contributed by atoms with Crippen LogP contribution in [0.25, 0.3) is 0 Å². The van der Waals surface area contributed by atoms with Crippen LogP contribution in [0.2, 0.25) is 5.02 Å². The van der Waals surface area contributed by atoms with E-state index in [1.165, 1.54) is 0 Å². The third-order valence-electron chi connectivity index (χ3n) is 2.37. The summed E-state index contributed by atoms with van der Waals surface area (Å²) in [6.45, 7) is 1.18. The second-order valence-corrected chi connectivity index (χ2v) is 4.08. The maximum Gasteiger partial charge on any atom is 0.124 e. The van der Waals surface area contributed by atoms with Gasteiger partial charge in [0.05, 0.1) is 12.8 Å². The molecule has 0 bridgehead atoms. The maximum atomic E-state index is 5.88. The van der Waals surface area contributed by atoms with Crippen LogP contribution >= 0.6 is 11.6 Å². The van der Waals surface area contributed by atoms with Crippen molar-refractivity contribution in [3.63, 3.8) is 0 Å². The first-order chi connectivity index (χ1) is 8.29. The molecule has 0 unspecified atom stereocenters. The molecule has 0 saturated heterocycles. The van der Waals surface area contributed by atoms with Gasteiger partial charge in [-0.15, -0.1) is 0 Å². The lowest BCUT2D eigenvalue weighted by atomic mass is 10.2. The van der Waals surface area contributed by atoms with Gasteiger partial charge in [-0.25, -0.2) is 0 Å². The molecule has 4 heteroatoms. The van der Waals surface area contributed by atoms with Crippen LogP contribution in [0.15, 0.2) is 41.0 Å². The fraction of sp³-hybridized carbons (Fsp3) is 0.231. The van der Waals surface area contributed by atoms with Crippen molar-refractivity contribution in [1.82, 2.24) is 5.32 Å². The van der Waals surface area contributed by atoms with Gasteiger partial charge < -0.3 is 14.5 Å². The van der Waals surface area contributed by atoms with Crippen LogP contribution < -0.4 is 10.1 Å². The van der Waals surface area contributed by atoms with Crippen LogP contribution in [0.5, 0.6) is 5.75 Å². The smallest absolute Gasteiger partial charge is 0.124 e. The van der Waals surface area contributed by atoms with Crippen LogP contribution in [-0.4, -0.2) is 7.05 Å². The van der Waals surface area contributed by atoms with Gasteiger partial charge >= 0.3 is 0 Å². The zero-order valence-corrected chi connectivity index (χ0v) is 10.3. The summed E-state index contributed by atoms with van der Waals surface area (Å²) in [6.07, 6.45) is 1.67. The molecule has 0 aliphatic rings. The van der Waals surface area contributed by atoms with Crippen molar-refractivity contribution in [2.45, 2.75) is 13.2 Å². The first-order valence-electron chi connectivity index (χ1n) is 5.38. The lowest BCUT2D eigenvalue weighted by Crippen LogP contribution is -2.07. The minimum absolute atomic E-state index is 0.480. The molecule has 3 nitrogen and oxygen atoms in total. The van der Waals surface area contributed by atoms with Crippen LogP contribution in [0.1, 0.15) is 11.3 Å². The summed E-state index contributed by atoms with van der Waals surface area (Å²) >= 11 is 5.88. The predicted octanol–water partition coefficient (Wildman–Crippen LogP) is 3.23. The van der Waals surface area contributed by atoms with E-state index in [9.17, 15) is 0 Å². The Balaban J connectivity index is 1.99. The zero-order valence-electron chi connectivity index (χ0n) is 9.57. The summed E-state index contributed by atoms with van der Waals surface area (Å²) < 4.78 is 11.0. The van der Waals surface area contributed by atoms with Crippen LogP contribution in [0.4, 0.5) is 0 Å². The van der Waals surface area contributed by atoms with E-state index in [1.54, 1.807) is 12.3 Å². The van der Waals surface area contributed by atoms with Gasteiger partial charge in [-0.3, -0.25) is 0 Å². The molecule has 0 radical (unpaired) electrons. The van der Waals surface area contributed by atoms with Crippen molar-refractivity contribution < 1.29 is 9.15 Å². The molecule has 0 amide bonds. The molecule has 1 aromatic carbocycles. The van der Waals surface area contributed by atoms with E-state index in [0.29, 0.717) is 18.2 Å². The Morgan fingerprint density at radius 2 is 2.24 bits per heavy atom. The van der Waals surface area contributed by atoms with Crippen molar-refractivity contribution in [3.05, 3.63) is 52.9 Å². The van der Waals surface area contributed by atoms with E-state index in [4.69, 9.17) is 20.8 Å². The molecule has 17 heavy (non-hydrogen) atoms. The molecule has 0 spiro atoms. The van der Waals surface area contributed by atoms with Crippen LogP contribution in [0, 0.1) is 0 Å². The van der Waals surface area contributed by atoms with Crippen molar-refractivity contribution in [1.29, 1.82) is 0 Å². The Kier molecular flexibility index (Phi) is 4.07. The largest absolute Gasteiger partial charge is 0.489 e. The number of rotatable bonds is 5. The Morgan fingerprint density at radius 3 is 3.00 bits per heavy atom. The molecule has 0 atom stereocenters. The van der Waals surface area contributed by atoms with E-state index < -0.39 is 0 Å². The molecule has 0 aliphatic heterocycles. The van der Waals surface area contributed by atoms with Crippen molar-refractivity contribution in [3.8, 4) is 5.75 Å². The molecule has 90 valence electrons. The highest BCUT2D eigenvalue weighted by molar-refractivity contribution is 6.30. The lowest BCUT2D eigenvalue weighted by molar-refractivity contribution is 0.301. The first kappa shape index (κ1) is 12.0. The van der Waals surface area contributed by atoms with E-state index >= 15 is 0 Å². The van der Waals surface area contributed by atoms with E-state index in [-0.39, 0.29) is 0 Å². The highest BCUT2D eigenvalue weighted by Crippen LogP contribution is 2.19. The fourth-order valence-corrected chi connectivity index (χ4v) is 1.71. The summed E-state index contributed by atoms with van der Waals surface area (Å²) in [5, 5.41) is 3.72. The average molecular weight is 252 g/mol. The predicted molar refractivity (Wildman–Crippen MR) is 67.3 cm³/mol. The number of hydrogen-bond acceptors (Lipinski definition) is 3. The maximum absolute atomic E-state index is 5.88. The molecule has 1 aromatic heterocycles. The summed E-state index contributed by atoms with van der Waals surface area (Å²) in [5.41, 5.74) is 1.04. The second-order valence-electron chi connectivity index (χ2n) is 3.65. The average Bonchev–Trinajstić information content (AvgIpc) is 2.75. The van der Waals surface area contributed by atoms with Gasteiger partial charge in [-0.1, -0.05) is 17.7 Å². The molecule has 2 aromatic rings. The number of benzene rings is 1. The number of furan rings is 1. The van der Waals surface area contributed by atoms with Gasteiger partial charge in [-0.2, -0.15) is 0 Å².